The van der Waals surface area contributed by atoms with Crippen LogP contribution in [0, 0.1) is 0 Å². The Bertz CT molecular complexity index is 10.8. The first-order valence-electron chi connectivity index (χ1n) is 0.986. The van der Waals surface area contributed by atoms with Gasteiger partial charge in [-0.3, -0.25) is 0 Å². The summed E-state index contributed by atoms with van der Waals surface area (Å²) in [5, 5.41) is 0. The molecule has 0 spiro atoms. The Morgan fingerprint density at radius 1 is 1.75 bits per heavy atom. The predicted octanol–water partition coefficient (Wildman–Crippen LogP) is 0.00840. The molecule has 0 rings (SSSR count). The zero-order chi connectivity index (χ0) is 2.71. The van der Waals surface area contributed by atoms with Crippen molar-refractivity contribution in [3.05, 3.63) is 12.7 Å². The maximum absolute atomic E-state index is 3.36. The van der Waals surface area contributed by atoms with E-state index in [1.165, 1.54) is 0 Å². The van der Waals surface area contributed by atoms with E-state index >= 15 is 0 Å². The molecule has 0 aliphatic carbocycles. The van der Waals surface area contributed by atoms with Crippen molar-refractivity contribution in [1.29, 1.82) is 0 Å². The van der Waals surface area contributed by atoms with E-state index in [0.29, 0.717) is 0 Å². The maximum atomic E-state index is 3.36. The van der Waals surface area contributed by atoms with Crippen LogP contribution in [0.3, 0.4) is 0 Å². The molecule has 0 heterocycles. The molecule has 0 fully saturated rings. The molecule has 0 nitrogen and oxygen atoms in total. The third kappa shape index (κ3) is 31.8. The Hall–Kier alpha value is 0.376. The van der Waals surface area contributed by atoms with E-state index in [9.17, 15) is 0 Å². The van der Waals surface area contributed by atoms with Gasteiger partial charge in [0.25, 0.3) is 0 Å². The fourth-order valence-electron chi connectivity index (χ4n) is 0. The van der Waals surface area contributed by atoms with Crippen molar-refractivity contribution >= 4 is 19.8 Å². The van der Waals surface area contributed by atoms with Gasteiger partial charge in [0.1, 0.15) is 0 Å². The van der Waals surface area contributed by atoms with Gasteiger partial charge in [-0.25, -0.2) is 0 Å². The SMILES string of the molecule is C=CC.[GaH3]. The molecule has 0 aromatic carbocycles. The van der Waals surface area contributed by atoms with Gasteiger partial charge in [0.2, 0.25) is 0 Å². The topological polar surface area (TPSA) is 0 Å². The minimum atomic E-state index is 0. The fourth-order valence-corrected chi connectivity index (χ4v) is 0. The molecule has 0 amide bonds. The van der Waals surface area contributed by atoms with E-state index in [0.717, 1.165) is 0 Å². The van der Waals surface area contributed by atoms with Crippen LogP contribution in [0.1, 0.15) is 6.92 Å². The first kappa shape index (κ1) is 8.83. The molecule has 0 atom stereocenters. The second-order valence-electron chi connectivity index (χ2n) is 0.408. The van der Waals surface area contributed by atoms with E-state index < -0.39 is 0 Å². The molecule has 0 N–H and O–H groups in total. The van der Waals surface area contributed by atoms with Crippen LogP contribution in [-0.4, -0.2) is 19.8 Å². The molecule has 1 heteroatoms. The summed E-state index contributed by atoms with van der Waals surface area (Å²) in [6, 6.07) is 0. The Morgan fingerprint density at radius 2 is 1.75 bits per heavy atom. The molecule has 0 radical (unpaired) electrons. The molecule has 4 heavy (non-hydrogen) atoms. The normalized spacial score (nSPS) is 3.25. The summed E-state index contributed by atoms with van der Waals surface area (Å²) in [7, 11) is 0. The Morgan fingerprint density at radius 3 is 1.75 bits per heavy atom. The van der Waals surface area contributed by atoms with Crippen molar-refractivity contribution in [3.8, 4) is 0 Å². The summed E-state index contributed by atoms with van der Waals surface area (Å²) in [6.45, 7) is 5.25. The number of hydrogen-bond acceptors (Lipinski definition) is 0. The number of allylic oxidation sites excluding steroid dienone is 1. The van der Waals surface area contributed by atoms with Crippen molar-refractivity contribution in [3.63, 3.8) is 0 Å². The quantitative estimate of drug-likeness (QED) is 0.308. The molecule has 0 bridgehead atoms. The summed E-state index contributed by atoms with van der Waals surface area (Å²) < 4.78 is 0. The first-order valence-corrected chi connectivity index (χ1v) is 0.986. The molecule has 0 aliphatic heterocycles. The van der Waals surface area contributed by atoms with Crippen LogP contribution in [0.5, 0.6) is 0 Å². The third-order valence-electron chi connectivity index (χ3n) is 0. The summed E-state index contributed by atoms with van der Waals surface area (Å²) in [4.78, 5) is 0. The van der Waals surface area contributed by atoms with Gasteiger partial charge in [-0.1, -0.05) is 6.08 Å². The molecule has 0 aromatic heterocycles. The second-order valence-corrected chi connectivity index (χ2v) is 0.408. The standard InChI is InChI=1S/C3H6.Ga.3H/c1-3-2;;;;/h3H,1H2,2H3;;;;. The predicted molar refractivity (Wildman–Crippen MR) is 25.8 cm³/mol. The molecule has 0 saturated carbocycles. The summed E-state index contributed by atoms with van der Waals surface area (Å²) >= 11 is 0. The monoisotopic (exact) mass is 114 g/mol. The van der Waals surface area contributed by atoms with Crippen LogP contribution in [0.25, 0.3) is 0 Å². The van der Waals surface area contributed by atoms with Gasteiger partial charge in [0.15, 0.2) is 0 Å². The second kappa shape index (κ2) is 10.1. The van der Waals surface area contributed by atoms with Crippen molar-refractivity contribution in [2.24, 2.45) is 0 Å². The zero-order valence-electron chi connectivity index (χ0n) is 2.28. The van der Waals surface area contributed by atoms with Crippen LogP contribution >= 0.6 is 0 Å². The van der Waals surface area contributed by atoms with Crippen LogP contribution in [0.15, 0.2) is 12.7 Å². The van der Waals surface area contributed by atoms with E-state index in [1.807, 2.05) is 6.92 Å². The van der Waals surface area contributed by atoms with Gasteiger partial charge in [-0.15, -0.1) is 6.58 Å². The zero-order valence-corrected chi connectivity index (χ0v) is 2.28. The fraction of sp³-hybridized carbons (Fsp3) is 0.333. The molecular weight excluding hydrogens is 106 g/mol. The van der Waals surface area contributed by atoms with E-state index in [-0.39, 0.29) is 19.8 Å². The van der Waals surface area contributed by atoms with Crippen LogP contribution in [-0.2, 0) is 0 Å². The molecular formula is C3H9Ga. The van der Waals surface area contributed by atoms with Gasteiger partial charge in [-0.05, 0) is 6.92 Å². The van der Waals surface area contributed by atoms with Gasteiger partial charge in [-0.2, -0.15) is 0 Å². The molecule has 0 aromatic rings. The van der Waals surface area contributed by atoms with Crippen molar-refractivity contribution < 1.29 is 0 Å². The minimum absolute atomic E-state index is 0. The van der Waals surface area contributed by atoms with Crippen LogP contribution < -0.4 is 0 Å². The molecule has 0 unspecified atom stereocenters. The third-order valence-corrected chi connectivity index (χ3v) is 0. The van der Waals surface area contributed by atoms with Gasteiger partial charge >= 0.3 is 19.8 Å². The summed E-state index contributed by atoms with van der Waals surface area (Å²) in [6.07, 6.45) is 1.75. The van der Waals surface area contributed by atoms with Crippen molar-refractivity contribution in [1.82, 2.24) is 0 Å². The number of hydrogen-bond donors (Lipinski definition) is 0. The van der Waals surface area contributed by atoms with Gasteiger partial charge in [0.05, 0.1) is 0 Å². The van der Waals surface area contributed by atoms with E-state index in [4.69, 9.17) is 0 Å². The van der Waals surface area contributed by atoms with E-state index in [1.54, 1.807) is 6.08 Å². The average Bonchev–Trinajstić information content (AvgIpc) is 0.918. The van der Waals surface area contributed by atoms with E-state index in [2.05, 4.69) is 6.58 Å². The van der Waals surface area contributed by atoms with Crippen LogP contribution in [0.4, 0.5) is 0 Å². The Kier molecular flexibility index (Phi) is 22.2. The van der Waals surface area contributed by atoms with Gasteiger partial charge in [0, 0.05) is 0 Å². The summed E-state index contributed by atoms with van der Waals surface area (Å²) in [5.41, 5.74) is 0. The molecule has 24 valence electrons. The first-order chi connectivity index (χ1) is 1.41. The average molecular weight is 115 g/mol. The van der Waals surface area contributed by atoms with Crippen molar-refractivity contribution in [2.75, 3.05) is 0 Å². The van der Waals surface area contributed by atoms with Gasteiger partial charge < -0.3 is 0 Å². The van der Waals surface area contributed by atoms with Crippen LogP contribution in [0.2, 0.25) is 0 Å². The Balaban J connectivity index is 0. The Labute approximate surface area is 40.0 Å². The summed E-state index contributed by atoms with van der Waals surface area (Å²) in [5.74, 6) is 0. The van der Waals surface area contributed by atoms with Crippen molar-refractivity contribution in [2.45, 2.75) is 6.92 Å². The molecule has 0 aliphatic rings. The number of rotatable bonds is 0. The molecule has 0 saturated heterocycles.